The van der Waals surface area contributed by atoms with Gasteiger partial charge in [0.15, 0.2) is 0 Å². The number of benzene rings is 1. The van der Waals surface area contributed by atoms with Crippen molar-refractivity contribution in [2.45, 2.75) is 38.8 Å². The summed E-state index contributed by atoms with van der Waals surface area (Å²) in [7, 11) is 3.91. The number of carbonyl (C=O) groups is 2. The lowest BCUT2D eigenvalue weighted by atomic mass is 9.94. The van der Waals surface area contributed by atoms with Crippen molar-refractivity contribution in [2.75, 3.05) is 32.1 Å². The van der Waals surface area contributed by atoms with Gasteiger partial charge in [0.1, 0.15) is 0 Å². The van der Waals surface area contributed by atoms with E-state index in [4.69, 9.17) is 0 Å². The SMILES string of the molecule is CC[C@@H]1CN(C)c2ccccc2CN1C(=O)[C@@H]1CCN(C)C(=O)C1. The fourth-order valence-corrected chi connectivity index (χ4v) is 3.84. The van der Waals surface area contributed by atoms with Crippen molar-refractivity contribution in [3.05, 3.63) is 29.8 Å². The highest BCUT2D eigenvalue weighted by molar-refractivity contribution is 5.87. The fraction of sp³-hybridized carbons (Fsp3) is 0.579. The summed E-state index contributed by atoms with van der Waals surface area (Å²) in [5.41, 5.74) is 2.38. The van der Waals surface area contributed by atoms with Crippen molar-refractivity contribution in [3.63, 3.8) is 0 Å². The minimum atomic E-state index is -0.168. The lowest BCUT2D eigenvalue weighted by Crippen LogP contribution is -2.48. The number of rotatable bonds is 2. The van der Waals surface area contributed by atoms with E-state index < -0.39 is 0 Å². The molecule has 2 aliphatic heterocycles. The zero-order valence-corrected chi connectivity index (χ0v) is 14.9. The topological polar surface area (TPSA) is 43.9 Å². The molecular formula is C19H27N3O2. The molecule has 0 radical (unpaired) electrons. The van der Waals surface area contributed by atoms with Gasteiger partial charge in [0.25, 0.3) is 0 Å². The van der Waals surface area contributed by atoms with Crippen LogP contribution in [0.15, 0.2) is 24.3 Å². The average Bonchev–Trinajstić information content (AvgIpc) is 2.73. The van der Waals surface area contributed by atoms with Gasteiger partial charge in [0.05, 0.1) is 0 Å². The van der Waals surface area contributed by atoms with Gasteiger partial charge in [-0.2, -0.15) is 0 Å². The van der Waals surface area contributed by atoms with Crippen molar-refractivity contribution < 1.29 is 9.59 Å². The molecule has 2 amide bonds. The number of carbonyl (C=O) groups excluding carboxylic acids is 2. The third-order valence-corrected chi connectivity index (χ3v) is 5.43. The van der Waals surface area contributed by atoms with Crippen LogP contribution in [0.3, 0.4) is 0 Å². The summed E-state index contributed by atoms with van der Waals surface area (Å²) < 4.78 is 0. The van der Waals surface area contributed by atoms with Crippen LogP contribution in [-0.4, -0.2) is 54.8 Å². The van der Waals surface area contributed by atoms with Crippen molar-refractivity contribution >= 4 is 17.5 Å². The first kappa shape index (κ1) is 16.8. The quantitative estimate of drug-likeness (QED) is 0.835. The van der Waals surface area contributed by atoms with Crippen molar-refractivity contribution in [1.29, 1.82) is 0 Å². The van der Waals surface area contributed by atoms with Crippen LogP contribution in [0.1, 0.15) is 31.7 Å². The van der Waals surface area contributed by atoms with Crippen molar-refractivity contribution in [3.8, 4) is 0 Å². The summed E-state index contributed by atoms with van der Waals surface area (Å²) in [6, 6.07) is 8.48. The van der Waals surface area contributed by atoms with E-state index in [9.17, 15) is 9.59 Å². The van der Waals surface area contributed by atoms with E-state index in [2.05, 4.69) is 31.0 Å². The molecule has 5 heteroatoms. The van der Waals surface area contributed by atoms with Crippen LogP contribution < -0.4 is 4.90 Å². The number of likely N-dealkylation sites (tertiary alicyclic amines) is 1. The second-order valence-corrected chi connectivity index (χ2v) is 7.04. The Morgan fingerprint density at radius 3 is 2.67 bits per heavy atom. The molecule has 0 unspecified atom stereocenters. The van der Waals surface area contributed by atoms with Crippen LogP contribution in [0.2, 0.25) is 0 Å². The zero-order valence-electron chi connectivity index (χ0n) is 14.9. The molecular weight excluding hydrogens is 302 g/mol. The van der Waals surface area contributed by atoms with E-state index in [1.165, 1.54) is 11.3 Å². The number of para-hydroxylation sites is 1. The molecule has 24 heavy (non-hydrogen) atoms. The second-order valence-electron chi connectivity index (χ2n) is 7.04. The number of hydrogen-bond donors (Lipinski definition) is 0. The molecule has 2 atom stereocenters. The summed E-state index contributed by atoms with van der Waals surface area (Å²) in [4.78, 5) is 31.2. The maximum absolute atomic E-state index is 13.2. The van der Waals surface area contributed by atoms with Gasteiger partial charge in [-0.15, -0.1) is 0 Å². The van der Waals surface area contributed by atoms with Crippen LogP contribution in [0.5, 0.6) is 0 Å². The Morgan fingerprint density at radius 2 is 1.96 bits per heavy atom. The summed E-state index contributed by atoms with van der Waals surface area (Å²) in [6.45, 7) is 4.28. The summed E-state index contributed by atoms with van der Waals surface area (Å²) in [5.74, 6) is 0.0618. The number of fused-ring (bicyclic) bond motifs is 1. The Morgan fingerprint density at radius 1 is 1.21 bits per heavy atom. The van der Waals surface area contributed by atoms with Crippen molar-refractivity contribution in [1.82, 2.24) is 9.80 Å². The number of likely N-dealkylation sites (N-methyl/N-ethyl adjacent to an activating group) is 1. The Balaban J connectivity index is 1.85. The molecule has 0 bridgehead atoms. The maximum atomic E-state index is 13.2. The number of hydrogen-bond acceptors (Lipinski definition) is 3. The smallest absolute Gasteiger partial charge is 0.226 e. The lowest BCUT2D eigenvalue weighted by Gasteiger charge is -2.36. The molecule has 2 aliphatic rings. The summed E-state index contributed by atoms with van der Waals surface area (Å²) >= 11 is 0. The third-order valence-electron chi connectivity index (χ3n) is 5.43. The highest BCUT2D eigenvalue weighted by Gasteiger charge is 2.35. The molecule has 0 aromatic heterocycles. The first-order chi connectivity index (χ1) is 11.5. The Kier molecular flexibility index (Phi) is 4.78. The zero-order chi connectivity index (χ0) is 17.3. The minimum Gasteiger partial charge on any atom is -0.372 e. The average molecular weight is 329 g/mol. The molecule has 0 N–H and O–H groups in total. The maximum Gasteiger partial charge on any atom is 0.226 e. The lowest BCUT2D eigenvalue weighted by molar-refractivity contribution is -0.146. The molecule has 1 fully saturated rings. The van der Waals surface area contributed by atoms with E-state index in [1.54, 1.807) is 4.90 Å². The van der Waals surface area contributed by atoms with Crippen LogP contribution >= 0.6 is 0 Å². The predicted octanol–water partition coefficient (Wildman–Crippen LogP) is 2.11. The summed E-state index contributed by atoms with van der Waals surface area (Å²) in [5, 5.41) is 0. The molecule has 2 heterocycles. The molecule has 130 valence electrons. The van der Waals surface area contributed by atoms with Crippen LogP contribution in [0, 0.1) is 5.92 Å². The van der Waals surface area contributed by atoms with Gasteiger partial charge in [-0.1, -0.05) is 25.1 Å². The van der Waals surface area contributed by atoms with Gasteiger partial charge < -0.3 is 14.7 Å². The molecule has 0 saturated carbocycles. The van der Waals surface area contributed by atoms with E-state index in [-0.39, 0.29) is 23.8 Å². The van der Waals surface area contributed by atoms with E-state index in [1.807, 2.05) is 24.1 Å². The summed E-state index contributed by atoms with van der Waals surface area (Å²) in [6.07, 6.45) is 2.04. The van der Waals surface area contributed by atoms with Gasteiger partial charge >= 0.3 is 0 Å². The monoisotopic (exact) mass is 329 g/mol. The number of piperidine rings is 1. The van der Waals surface area contributed by atoms with E-state index >= 15 is 0 Å². The minimum absolute atomic E-state index is 0.0833. The highest BCUT2D eigenvalue weighted by atomic mass is 16.2. The molecule has 0 aliphatic carbocycles. The Bertz CT molecular complexity index is 631. The molecule has 1 aromatic rings. The number of anilines is 1. The van der Waals surface area contributed by atoms with Crippen LogP contribution in [-0.2, 0) is 16.1 Å². The van der Waals surface area contributed by atoms with Crippen molar-refractivity contribution in [2.24, 2.45) is 5.92 Å². The second kappa shape index (κ2) is 6.83. The van der Waals surface area contributed by atoms with Crippen LogP contribution in [0.4, 0.5) is 5.69 Å². The normalized spacial score (nSPS) is 24.6. The number of nitrogens with zero attached hydrogens (tertiary/aromatic N) is 3. The van der Waals surface area contributed by atoms with E-state index in [0.29, 0.717) is 19.5 Å². The van der Waals surface area contributed by atoms with Gasteiger partial charge in [0, 0.05) is 57.8 Å². The Hall–Kier alpha value is -2.04. The standard InChI is InChI=1S/C19H27N3O2/c1-4-16-13-21(3)17-8-6-5-7-15(17)12-22(16)19(24)14-9-10-20(2)18(23)11-14/h5-8,14,16H,4,9-13H2,1-3H3/t14-,16-/m1/s1. The van der Waals surface area contributed by atoms with E-state index in [0.717, 1.165) is 19.4 Å². The fourth-order valence-electron chi connectivity index (χ4n) is 3.84. The van der Waals surface area contributed by atoms with Gasteiger partial charge in [0.2, 0.25) is 11.8 Å². The predicted molar refractivity (Wildman–Crippen MR) is 94.7 cm³/mol. The third kappa shape index (κ3) is 3.12. The van der Waals surface area contributed by atoms with Crippen LogP contribution in [0.25, 0.3) is 0 Å². The first-order valence-corrected chi connectivity index (χ1v) is 8.84. The molecule has 3 rings (SSSR count). The number of amides is 2. The molecule has 1 aromatic carbocycles. The molecule has 5 nitrogen and oxygen atoms in total. The molecule has 0 spiro atoms. The highest BCUT2D eigenvalue weighted by Crippen LogP contribution is 2.29. The first-order valence-electron chi connectivity index (χ1n) is 8.84. The van der Waals surface area contributed by atoms with Gasteiger partial charge in [-0.25, -0.2) is 0 Å². The van der Waals surface area contributed by atoms with Gasteiger partial charge in [-0.3, -0.25) is 9.59 Å². The van der Waals surface area contributed by atoms with Gasteiger partial charge in [-0.05, 0) is 24.5 Å². The molecule has 1 saturated heterocycles. The largest absolute Gasteiger partial charge is 0.372 e. The Labute approximate surface area is 144 Å².